The van der Waals surface area contributed by atoms with Gasteiger partial charge in [0.1, 0.15) is 0 Å². The Hall–Kier alpha value is -7.68. The van der Waals surface area contributed by atoms with Crippen LogP contribution in [0.5, 0.6) is 0 Å². The summed E-state index contributed by atoms with van der Waals surface area (Å²) >= 11 is 0. The molecule has 2 heterocycles. The van der Waals surface area contributed by atoms with Crippen LogP contribution in [0, 0.1) is 0 Å². The largest absolute Gasteiger partial charge is 0.245 e. The lowest BCUT2D eigenvalue weighted by molar-refractivity contribution is 1.37. The number of rotatable bonds is 4. The quantitative estimate of drug-likeness (QED) is 0.133. The Morgan fingerprint density at radius 1 is 0.224 bits per heavy atom. The zero-order valence-corrected chi connectivity index (χ0v) is 31.5. The molecular weight excluding hydrogens is 701 g/mol. The third-order valence-corrected chi connectivity index (χ3v) is 12.0. The molecule has 0 N–H and O–H groups in total. The van der Waals surface area contributed by atoms with E-state index in [-0.39, 0.29) is 0 Å². The van der Waals surface area contributed by atoms with E-state index in [1.54, 1.807) is 0 Å². The topological polar surface area (TPSA) is 25.8 Å². The van der Waals surface area contributed by atoms with E-state index in [9.17, 15) is 0 Å². The molecule has 12 rings (SSSR count). The van der Waals surface area contributed by atoms with Gasteiger partial charge in [0.15, 0.2) is 0 Å². The molecule has 268 valence electrons. The van der Waals surface area contributed by atoms with Gasteiger partial charge in [0.25, 0.3) is 0 Å². The van der Waals surface area contributed by atoms with Gasteiger partial charge in [-0.3, -0.25) is 0 Å². The van der Waals surface area contributed by atoms with Gasteiger partial charge in [0, 0.05) is 21.9 Å². The first-order valence-corrected chi connectivity index (χ1v) is 19.9. The van der Waals surface area contributed by atoms with Crippen LogP contribution in [0.15, 0.2) is 206 Å². The van der Waals surface area contributed by atoms with Gasteiger partial charge in [-0.05, 0) is 94.3 Å². The Bertz CT molecular complexity index is 3510. The lowest BCUT2D eigenvalue weighted by Gasteiger charge is -2.18. The van der Waals surface area contributed by atoms with Crippen molar-refractivity contribution in [2.24, 2.45) is 0 Å². The Balaban J connectivity index is 1.01. The summed E-state index contributed by atoms with van der Waals surface area (Å²) in [5.74, 6) is 0. The lowest BCUT2D eigenvalue weighted by atomic mass is 9.86. The highest BCUT2D eigenvalue weighted by Gasteiger charge is 2.19. The Kier molecular flexibility index (Phi) is 7.26. The third-order valence-electron chi connectivity index (χ3n) is 12.0. The highest BCUT2D eigenvalue weighted by Crippen LogP contribution is 2.44. The minimum atomic E-state index is 0.912. The van der Waals surface area contributed by atoms with E-state index < -0.39 is 0 Å². The predicted molar refractivity (Wildman–Crippen MR) is 246 cm³/mol. The molecule has 0 radical (unpaired) electrons. The summed E-state index contributed by atoms with van der Waals surface area (Å²) < 4.78 is 0. The highest BCUT2D eigenvalue weighted by atomic mass is 14.8. The standard InChI is InChI=1S/C56H34N2/c1-2-12-36(13-3-1)51-32-29-38-26-27-39-30-33-52(58-56(39)55(38)57-51)54-48-20-10-8-18-46(48)53(47-19-9-11-21-49(47)54)37-24-22-35(23-25-37)40-28-31-45-43-16-5-4-14-41(43)42-15-6-7-17-44(42)50(45)34-40/h1-34H. The highest BCUT2D eigenvalue weighted by molar-refractivity contribution is 6.26. The lowest BCUT2D eigenvalue weighted by Crippen LogP contribution is -1.94. The first-order valence-electron chi connectivity index (χ1n) is 19.9. The molecule has 10 aromatic carbocycles. The van der Waals surface area contributed by atoms with Crippen LogP contribution in [0.25, 0.3) is 120 Å². The van der Waals surface area contributed by atoms with Crippen molar-refractivity contribution in [3.63, 3.8) is 0 Å². The molecule has 0 amide bonds. The normalized spacial score (nSPS) is 11.8. The van der Waals surface area contributed by atoms with Crippen molar-refractivity contribution < 1.29 is 0 Å². The Labute approximate surface area is 335 Å². The number of fused-ring (bicyclic) bond motifs is 11. The van der Waals surface area contributed by atoms with Crippen molar-refractivity contribution in [2.75, 3.05) is 0 Å². The summed E-state index contributed by atoms with van der Waals surface area (Å²) in [6.07, 6.45) is 0. The number of hydrogen-bond acceptors (Lipinski definition) is 2. The molecule has 0 unspecified atom stereocenters. The molecular formula is C56H34N2. The van der Waals surface area contributed by atoms with E-state index in [0.717, 1.165) is 44.3 Å². The maximum absolute atomic E-state index is 5.45. The van der Waals surface area contributed by atoms with Gasteiger partial charge in [-0.15, -0.1) is 0 Å². The van der Waals surface area contributed by atoms with Crippen molar-refractivity contribution in [2.45, 2.75) is 0 Å². The van der Waals surface area contributed by atoms with Crippen LogP contribution in [-0.2, 0) is 0 Å². The zero-order valence-electron chi connectivity index (χ0n) is 31.5. The number of aromatic nitrogens is 2. The van der Waals surface area contributed by atoms with E-state index in [0.29, 0.717) is 0 Å². The van der Waals surface area contributed by atoms with Crippen LogP contribution >= 0.6 is 0 Å². The van der Waals surface area contributed by atoms with E-state index in [1.165, 1.54) is 76.1 Å². The third kappa shape index (κ3) is 5.05. The molecule has 0 aliphatic rings. The average molecular weight is 735 g/mol. The SMILES string of the molecule is c1ccc(-c2ccc3ccc4ccc(-c5c6ccccc6c(-c6ccc(-c7ccc8c9ccccc9c9ccccc9c8c7)cc6)c6ccccc56)nc4c3n2)cc1. The molecule has 12 aromatic rings. The molecule has 0 atom stereocenters. The summed E-state index contributed by atoms with van der Waals surface area (Å²) in [5.41, 5.74) is 10.8. The molecule has 0 aliphatic carbocycles. The first kappa shape index (κ1) is 32.6. The van der Waals surface area contributed by atoms with Crippen LogP contribution in [0.4, 0.5) is 0 Å². The van der Waals surface area contributed by atoms with E-state index >= 15 is 0 Å². The molecule has 0 aliphatic heterocycles. The van der Waals surface area contributed by atoms with Gasteiger partial charge in [-0.1, -0.05) is 188 Å². The molecule has 0 saturated carbocycles. The van der Waals surface area contributed by atoms with Crippen LogP contribution < -0.4 is 0 Å². The van der Waals surface area contributed by atoms with Crippen LogP contribution in [0.3, 0.4) is 0 Å². The summed E-state index contributed by atoms with van der Waals surface area (Å²) in [7, 11) is 0. The second-order valence-electron chi connectivity index (χ2n) is 15.2. The molecule has 2 nitrogen and oxygen atoms in total. The summed E-state index contributed by atoms with van der Waals surface area (Å²) in [4.78, 5) is 10.6. The molecule has 0 fully saturated rings. The molecule has 2 heteroatoms. The minimum absolute atomic E-state index is 0.912. The fraction of sp³-hybridized carbons (Fsp3) is 0. The maximum atomic E-state index is 5.45. The fourth-order valence-electron chi connectivity index (χ4n) is 9.31. The van der Waals surface area contributed by atoms with Crippen molar-refractivity contribution in [1.29, 1.82) is 0 Å². The van der Waals surface area contributed by atoms with Gasteiger partial charge in [0.2, 0.25) is 0 Å². The van der Waals surface area contributed by atoms with Gasteiger partial charge in [-0.2, -0.15) is 0 Å². The van der Waals surface area contributed by atoms with Gasteiger partial charge in [0.05, 0.1) is 22.4 Å². The monoisotopic (exact) mass is 734 g/mol. The van der Waals surface area contributed by atoms with Crippen molar-refractivity contribution >= 4 is 75.7 Å². The Morgan fingerprint density at radius 2 is 0.621 bits per heavy atom. The van der Waals surface area contributed by atoms with Crippen LogP contribution in [-0.4, -0.2) is 9.97 Å². The van der Waals surface area contributed by atoms with Gasteiger partial charge >= 0.3 is 0 Å². The number of pyridine rings is 2. The predicted octanol–water partition coefficient (Wildman–Crippen LogP) is 15.2. The van der Waals surface area contributed by atoms with Gasteiger partial charge < -0.3 is 0 Å². The molecule has 58 heavy (non-hydrogen) atoms. The molecule has 0 saturated heterocycles. The van der Waals surface area contributed by atoms with Crippen molar-refractivity contribution in [1.82, 2.24) is 9.97 Å². The number of hydrogen-bond donors (Lipinski definition) is 0. The van der Waals surface area contributed by atoms with Crippen LogP contribution in [0.2, 0.25) is 0 Å². The smallest absolute Gasteiger partial charge is 0.0972 e. The zero-order chi connectivity index (χ0) is 38.2. The summed E-state index contributed by atoms with van der Waals surface area (Å²) in [6, 6.07) is 74.6. The molecule has 0 bridgehead atoms. The van der Waals surface area contributed by atoms with Crippen molar-refractivity contribution in [3.05, 3.63) is 206 Å². The average Bonchev–Trinajstić information content (AvgIpc) is 3.30. The van der Waals surface area contributed by atoms with Gasteiger partial charge in [-0.25, -0.2) is 9.97 Å². The van der Waals surface area contributed by atoms with Crippen molar-refractivity contribution in [3.8, 4) is 44.8 Å². The fourth-order valence-corrected chi connectivity index (χ4v) is 9.31. The second kappa shape index (κ2) is 12.9. The summed E-state index contributed by atoms with van der Waals surface area (Å²) in [6.45, 7) is 0. The number of nitrogens with zero attached hydrogens (tertiary/aromatic N) is 2. The second-order valence-corrected chi connectivity index (χ2v) is 15.2. The van der Waals surface area contributed by atoms with E-state index in [4.69, 9.17) is 9.97 Å². The van der Waals surface area contributed by atoms with E-state index in [1.807, 2.05) is 6.07 Å². The van der Waals surface area contributed by atoms with Crippen LogP contribution in [0.1, 0.15) is 0 Å². The Morgan fingerprint density at radius 3 is 1.19 bits per heavy atom. The number of benzene rings is 10. The summed E-state index contributed by atoms with van der Waals surface area (Å²) in [5, 5.41) is 14.7. The maximum Gasteiger partial charge on any atom is 0.0972 e. The van der Waals surface area contributed by atoms with E-state index in [2.05, 4.69) is 200 Å². The first-order chi connectivity index (χ1) is 28.8. The molecule has 0 spiro atoms. The minimum Gasteiger partial charge on any atom is -0.245 e. The molecule has 2 aromatic heterocycles.